The van der Waals surface area contributed by atoms with Crippen LogP contribution in [0.1, 0.15) is 123 Å². The van der Waals surface area contributed by atoms with E-state index in [9.17, 15) is 28.8 Å². The van der Waals surface area contributed by atoms with Crippen molar-refractivity contribution in [1.82, 2.24) is 25.2 Å². The fourth-order valence-corrected chi connectivity index (χ4v) is 7.75. The summed E-state index contributed by atoms with van der Waals surface area (Å²) in [5, 5.41) is 3.41. The molecular formula is C41H54ClN5O7. The Morgan fingerprint density at radius 2 is 1.74 bits per heavy atom. The summed E-state index contributed by atoms with van der Waals surface area (Å²) in [6.07, 6.45) is 11.1. The molecule has 13 heteroatoms. The Morgan fingerprint density at radius 1 is 1.00 bits per heavy atom. The number of nitrogens with zero attached hydrogens (tertiary/aromatic N) is 4. The van der Waals surface area contributed by atoms with Crippen molar-refractivity contribution in [2.24, 2.45) is 29.1 Å². The Hall–Kier alpha value is -4.06. The van der Waals surface area contributed by atoms with E-state index in [1.807, 2.05) is 20.8 Å². The first kappa shape index (κ1) is 39.6. The molecule has 2 aromatic heterocycles. The van der Waals surface area contributed by atoms with Crippen molar-refractivity contribution in [3.05, 3.63) is 47.6 Å². The highest BCUT2D eigenvalue weighted by atomic mass is 35.5. The number of carbonyl (C=O) groups excluding carboxylic acids is 6. The first-order valence-electron chi connectivity index (χ1n) is 19.9. The zero-order valence-electron chi connectivity index (χ0n) is 32.9. The molecule has 292 valence electrons. The summed E-state index contributed by atoms with van der Waals surface area (Å²) in [6, 6.07) is 0.970. The number of Topliss-reactive ketones (excluding diaryl/α,β-unsaturated/α-hetero) is 4. The predicted octanol–water partition coefficient (Wildman–Crippen LogP) is 6.19. The third-order valence-electron chi connectivity index (χ3n) is 10.8. The second kappa shape index (κ2) is 18.5. The summed E-state index contributed by atoms with van der Waals surface area (Å²) in [5.74, 6) is -5.67. The zero-order valence-corrected chi connectivity index (χ0v) is 32.6. The molecule has 0 radical (unpaired) electrons. The van der Waals surface area contributed by atoms with Gasteiger partial charge in [0.25, 0.3) is 0 Å². The molecule has 0 bridgehead atoms. The lowest BCUT2D eigenvalue weighted by molar-refractivity contribution is -0.145. The van der Waals surface area contributed by atoms with Crippen molar-refractivity contribution in [3.8, 4) is 5.88 Å². The number of ether oxygens (including phenoxy) is 1. The Kier molecular flexibility index (Phi) is 13.6. The lowest BCUT2D eigenvalue weighted by Crippen LogP contribution is -2.58. The van der Waals surface area contributed by atoms with Crippen molar-refractivity contribution < 1.29 is 34.9 Å². The van der Waals surface area contributed by atoms with Crippen LogP contribution in [0.2, 0.25) is 5.02 Å². The number of likely N-dealkylation sites (tertiary alicyclic amines) is 1. The lowest BCUT2D eigenvalue weighted by atomic mass is 9.76. The molecule has 2 aromatic rings. The molecule has 0 aromatic carbocycles. The molecule has 2 amide bonds. The number of halogens is 1. The minimum Gasteiger partial charge on any atom is -0.472 e. The molecule has 0 unspecified atom stereocenters. The van der Waals surface area contributed by atoms with Crippen LogP contribution in [0.15, 0.2) is 36.9 Å². The van der Waals surface area contributed by atoms with Crippen LogP contribution in [-0.4, -0.2) is 79.5 Å². The maximum Gasteiger partial charge on any atom is 0.246 e. The number of rotatable bonds is 18. The highest BCUT2D eigenvalue weighted by Crippen LogP contribution is 2.36. The van der Waals surface area contributed by atoms with Gasteiger partial charge in [-0.05, 0) is 55.4 Å². The number of hydrogen-bond donors (Lipinski definition) is 1. The fraction of sp³-hybridized carbons (Fsp3) is 0.634. The second-order valence-corrected chi connectivity index (χ2v) is 16.7. The van der Waals surface area contributed by atoms with Crippen LogP contribution in [0.3, 0.4) is 0 Å². The monoisotopic (exact) mass is 764 g/mol. The molecule has 1 N–H and O–H groups in total. The van der Waals surface area contributed by atoms with E-state index in [4.69, 9.17) is 17.7 Å². The summed E-state index contributed by atoms with van der Waals surface area (Å²) < 4.78 is 15.3. The molecule has 5 atom stereocenters. The first-order valence-corrected chi connectivity index (χ1v) is 19.8. The van der Waals surface area contributed by atoms with E-state index in [2.05, 4.69) is 20.3 Å². The topological polar surface area (TPSA) is 166 Å². The Morgan fingerprint density at radius 3 is 2.35 bits per heavy atom. The number of hydrogen-bond acceptors (Lipinski definition) is 10. The minimum absolute atomic E-state index is 0.0137. The van der Waals surface area contributed by atoms with Crippen LogP contribution in [0.5, 0.6) is 5.88 Å². The van der Waals surface area contributed by atoms with Gasteiger partial charge in [0, 0.05) is 63.5 Å². The predicted molar refractivity (Wildman–Crippen MR) is 202 cm³/mol. The lowest BCUT2D eigenvalue weighted by Gasteiger charge is -2.37. The van der Waals surface area contributed by atoms with Gasteiger partial charge < -0.3 is 15.0 Å². The quantitative estimate of drug-likeness (QED) is 0.137. The van der Waals surface area contributed by atoms with Gasteiger partial charge in [-0.1, -0.05) is 65.0 Å². The minimum atomic E-state index is -1.97. The largest absolute Gasteiger partial charge is 0.472 e. The van der Waals surface area contributed by atoms with Gasteiger partial charge in [0.1, 0.15) is 17.8 Å². The smallest absolute Gasteiger partial charge is 0.246 e. The molecule has 2 aliphatic carbocycles. The summed E-state index contributed by atoms with van der Waals surface area (Å²) in [4.78, 5) is 97.0. The molecule has 0 spiro atoms. The number of carbonyl (C=O) groups is 6. The van der Waals surface area contributed by atoms with Crippen molar-refractivity contribution in [2.45, 2.75) is 129 Å². The van der Waals surface area contributed by atoms with Gasteiger partial charge in [-0.2, -0.15) is 0 Å². The Labute approximate surface area is 324 Å². The fourth-order valence-electron chi connectivity index (χ4n) is 7.64. The van der Waals surface area contributed by atoms with Crippen LogP contribution in [0.4, 0.5) is 0 Å². The van der Waals surface area contributed by atoms with E-state index in [-0.39, 0.29) is 61.4 Å². The number of ketones is 4. The molecule has 1 saturated heterocycles. The average molecular weight is 765 g/mol. The van der Waals surface area contributed by atoms with Gasteiger partial charge >= 0.3 is 0 Å². The molecule has 54 heavy (non-hydrogen) atoms. The molecule has 2 saturated carbocycles. The molecule has 12 nitrogen and oxygen atoms in total. The van der Waals surface area contributed by atoms with Gasteiger partial charge in [-0.3, -0.25) is 33.8 Å². The van der Waals surface area contributed by atoms with Crippen LogP contribution < -0.4 is 10.1 Å². The van der Waals surface area contributed by atoms with Crippen molar-refractivity contribution in [1.29, 1.82) is 0 Å². The van der Waals surface area contributed by atoms with Crippen LogP contribution in [0, 0.1) is 29.1 Å². The maximum absolute atomic E-state index is 14.8. The third kappa shape index (κ3) is 11.0. The van der Waals surface area contributed by atoms with Gasteiger partial charge in [0.15, 0.2) is 17.3 Å². The number of aromatic nitrogens is 3. The summed E-state index contributed by atoms with van der Waals surface area (Å²) >= 11 is 6.03. The maximum atomic E-state index is 14.8. The number of pyridine rings is 1. The highest BCUT2D eigenvalue weighted by Gasteiger charge is 2.47. The van der Waals surface area contributed by atoms with E-state index in [0.717, 1.165) is 44.9 Å². The van der Waals surface area contributed by atoms with Crippen LogP contribution in [0.25, 0.3) is 0 Å². The molecule has 1 aliphatic heterocycles. The summed E-state index contributed by atoms with van der Waals surface area (Å²) in [7, 11) is 0. The van der Waals surface area contributed by atoms with Crippen LogP contribution in [-0.2, 0) is 24.0 Å². The van der Waals surface area contributed by atoms with E-state index in [0.29, 0.717) is 11.4 Å². The van der Waals surface area contributed by atoms with Crippen molar-refractivity contribution in [2.75, 3.05) is 6.54 Å². The van der Waals surface area contributed by atoms with Crippen LogP contribution >= 0.6 is 11.6 Å². The molecule has 3 heterocycles. The van der Waals surface area contributed by atoms with Gasteiger partial charge in [0.05, 0.1) is 23.8 Å². The van der Waals surface area contributed by atoms with E-state index in [1.165, 1.54) is 29.7 Å². The normalized spacial score (nSPS) is 21.6. The highest BCUT2D eigenvalue weighted by molar-refractivity contribution is 6.38. The second-order valence-electron chi connectivity index (χ2n) is 16.2. The van der Waals surface area contributed by atoms with Gasteiger partial charge in [-0.25, -0.2) is 9.97 Å². The average Bonchev–Trinajstić information content (AvgIpc) is 3.88. The van der Waals surface area contributed by atoms with E-state index in [1.54, 1.807) is 19.1 Å². The first-order chi connectivity index (χ1) is 26.1. The third-order valence-corrected chi connectivity index (χ3v) is 11.0. The summed E-state index contributed by atoms with van der Waals surface area (Å²) in [5.41, 5.74) is -0.671. The van der Waals surface area contributed by atoms with Crippen molar-refractivity contribution >= 4 is 46.5 Å². The van der Waals surface area contributed by atoms with Crippen molar-refractivity contribution in [3.63, 3.8) is 0 Å². The SMILES string of the molecule is [2H][C@@](CCC)(CC(=O)[C@@H]1C[C@@H](Oc2ccc(Cl)cn2)CN1C(=O)[C@@H](NC(=O)[C@@H](CC(=O)c1cnccn1)C1CCCCC1)C(C)(C)C)C(=O)C(=O)CC1CC1. The molecule has 5 rings (SSSR count). The Balaban J connectivity index is 1.41. The standard InChI is InChI=1S/C41H54ClN5O7/c1-5-9-27(37(51)35(50)18-25-12-13-25)19-34(49)32-20-29(54-36-15-14-28(42)22-45-36)24-47(32)40(53)38(41(2,3)4)46-39(52)30(26-10-7-6-8-11-26)21-33(48)31-23-43-16-17-44-31/h14-17,22-23,25-27,29-30,32,38H,5-13,18-21,24H2,1-4H3,(H,46,52)/t27-,29-,30+,32+,38-/m1/s1/i27D. The van der Waals surface area contributed by atoms with Gasteiger partial charge in [0.2, 0.25) is 23.5 Å². The molecule has 3 aliphatic rings. The number of nitrogens with one attached hydrogen (secondary N) is 1. The zero-order chi connectivity index (χ0) is 39.9. The summed E-state index contributed by atoms with van der Waals surface area (Å²) in [6.45, 7) is 7.20. The van der Waals surface area contributed by atoms with Gasteiger partial charge in [-0.15, -0.1) is 0 Å². The molecule has 3 fully saturated rings. The van der Waals surface area contributed by atoms with E-state index >= 15 is 0 Å². The Bertz CT molecular complexity index is 1710. The number of amides is 2. The molecular weight excluding hydrogens is 710 g/mol. The van der Waals surface area contributed by atoms with E-state index < -0.39 is 71.0 Å².